The third kappa shape index (κ3) is 33.5. The molecule has 0 heterocycles. The van der Waals surface area contributed by atoms with Crippen LogP contribution in [0.25, 0.3) is 0 Å². The molecule has 1 N–H and O–H groups in total. The number of ether oxygens (including phenoxy) is 1. The van der Waals surface area contributed by atoms with Crippen LogP contribution in [-0.2, 0) is 24.1 Å². The summed E-state index contributed by atoms with van der Waals surface area (Å²) in [5.41, 5.74) is 0. The van der Waals surface area contributed by atoms with Crippen LogP contribution in [0.15, 0.2) is 0 Å². The van der Waals surface area contributed by atoms with E-state index in [1.54, 1.807) is 0 Å². The van der Waals surface area contributed by atoms with E-state index in [0.29, 0.717) is 26.1 Å². The quantitative estimate of drug-likeness (QED) is 0.0982. The van der Waals surface area contributed by atoms with Crippen molar-refractivity contribution in [2.24, 2.45) is 0 Å². The van der Waals surface area contributed by atoms with Crippen molar-refractivity contribution in [2.45, 2.75) is 110 Å². The Labute approximate surface area is 203 Å². The second-order valence-electron chi connectivity index (χ2n) is 8.52. The first-order valence-corrected chi connectivity index (χ1v) is 14.1. The molecule has 0 aromatic carbocycles. The van der Waals surface area contributed by atoms with E-state index in [-0.39, 0.29) is 12.6 Å². The molecule has 0 saturated heterocycles. The molecule has 0 atom stereocenters. The molecule has 0 saturated carbocycles. The van der Waals surface area contributed by atoms with Crippen molar-refractivity contribution in [2.75, 3.05) is 40.5 Å². The summed E-state index contributed by atoms with van der Waals surface area (Å²) in [5, 5.41) is 8.80. The lowest BCUT2D eigenvalue weighted by molar-refractivity contribution is -0.144. The van der Waals surface area contributed by atoms with Gasteiger partial charge in [-0.25, -0.2) is 8.42 Å². The fourth-order valence-electron chi connectivity index (χ4n) is 3.31. The van der Waals surface area contributed by atoms with Crippen molar-refractivity contribution in [1.29, 1.82) is 0 Å². The molecule has 0 amide bonds. The molecule has 0 aliphatic carbocycles. The third-order valence-corrected chi connectivity index (χ3v) is 5.81. The number of esters is 1. The lowest BCUT2D eigenvalue weighted by atomic mass is 10.0. The molecule has 0 fully saturated rings. The molecular weight excluding hydrogens is 446 g/mol. The molecule has 200 valence electrons. The number of unbranched alkanes of at least 4 members (excludes halogenated alkanes) is 14. The van der Waals surface area contributed by atoms with Gasteiger partial charge in [0.15, 0.2) is 0 Å². The monoisotopic (exact) mass is 496 g/mol. The summed E-state index contributed by atoms with van der Waals surface area (Å²) in [6.07, 6.45) is 20.6. The molecule has 9 heteroatoms. The Morgan fingerprint density at radius 3 is 1.58 bits per heavy atom. The minimum atomic E-state index is -4.41. The summed E-state index contributed by atoms with van der Waals surface area (Å²) in [6.45, 7) is 4.15. The van der Waals surface area contributed by atoms with Gasteiger partial charge in [-0.05, 0) is 13.5 Å². The van der Waals surface area contributed by atoms with E-state index in [2.05, 4.69) is 11.1 Å². The summed E-state index contributed by atoms with van der Waals surface area (Å²) < 4.78 is 36.2. The van der Waals surface area contributed by atoms with Gasteiger partial charge >= 0.3 is 5.97 Å². The fraction of sp³-hybridized carbons (Fsp3) is 0.958. The number of aliphatic hydroxyl groups excluding tert-OH is 1. The molecule has 8 nitrogen and oxygen atoms in total. The van der Waals surface area contributed by atoms with E-state index in [0.717, 1.165) is 20.0 Å². The number of likely N-dealkylation sites (N-methyl/N-ethyl adjacent to an activating group) is 1. The average molecular weight is 497 g/mol. The first kappa shape index (κ1) is 34.4. The van der Waals surface area contributed by atoms with Crippen molar-refractivity contribution in [3.8, 4) is 0 Å². The minimum absolute atomic E-state index is 0.0814. The van der Waals surface area contributed by atoms with Gasteiger partial charge in [-0.15, -0.1) is 0 Å². The number of nitrogens with zero attached hydrogens (tertiary/aromatic N) is 1. The second-order valence-corrected chi connectivity index (χ2v) is 9.67. The van der Waals surface area contributed by atoms with E-state index in [1.807, 2.05) is 11.9 Å². The molecule has 0 rings (SSSR count). The van der Waals surface area contributed by atoms with Gasteiger partial charge < -0.3 is 19.3 Å². The van der Waals surface area contributed by atoms with Gasteiger partial charge in [0.25, 0.3) is 0 Å². The van der Waals surface area contributed by atoms with Crippen LogP contribution >= 0.6 is 0 Å². The maximum atomic E-state index is 11.6. The molecule has 0 radical (unpaired) electrons. The van der Waals surface area contributed by atoms with E-state index in [4.69, 9.17) is 9.84 Å². The standard InChI is InChI=1S/C23H47NO3.CH4O4S/c1-3-4-5-6-7-8-9-10-11-12-13-14-15-16-17-18-23(26)27-22-20-24(2)19-21-25;1-5-6(2,3)4/h25H,3-22H2,1-2H3;1H3,(H,2,3,4)/p-1. The first-order valence-electron chi connectivity index (χ1n) is 12.7. The molecule has 0 aliphatic heterocycles. The number of aliphatic hydroxyl groups is 1. The molecule has 0 spiro atoms. The Hall–Kier alpha value is -0.740. The fourth-order valence-corrected chi connectivity index (χ4v) is 3.31. The van der Waals surface area contributed by atoms with E-state index >= 15 is 0 Å². The zero-order valence-electron chi connectivity index (χ0n) is 21.4. The predicted molar refractivity (Wildman–Crippen MR) is 132 cm³/mol. The molecular formula is C24H50NO7S-. The van der Waals surface area contributed by atoms with Crippen LogP contribution in [0, 0.1) is 0 Å². The van der Waals surface area contributed by atoms with E-state index in [1.165, 1.54) is 83.5 Å². The van der Waals surface area contributed by atoms with Crippen LogP contribution in [-0.4, -0.2) is 69.4 Å². The van der Waals surface area contributed by atoms with Crippen LogP contribution in [0.2, 0.25) is 0 Å². The summed E-state index contributed by atoms with van der Waals surface area (Å²) in [7, 11) is -1.69. The smallest absolute Gasteiger partial charge is 0.305 e. The van der Waals surface area contributed by atoms with E-state index in [9.17, 15) is 17.8 Å². The van der Waals surface area contributed by atoms with Gasteiger partial charge in [0, 0.05) is 19.5 Å². The topological polar surface area (TPSA) is 116 Å². The van der Waals surface area contributed by atoms with Gasteiger partial charge in [-0.3, -0.25) is 8.98 Å². The van der Waals surface area contributed by atoms with Crippen LogP contribution in [0.1, 0.15) is 110 Å². The van der Waals surface area contributed by atoms with Crippen molar-refractivity contribution in [3.63, 3.8) is 0 Å². The Bertz CT molecular complexity index is 515. The molecule has 0 aromatic rings. The summed E-state index contributed by atoms with van der Waals surface area (Å²) in [4.78, 5) is 13.6. The SMILES string of the molecule is CCCCCCCCCCCCCCCCCC(=O)OCCN(C)CCO.COS(=O)(=O)[O-]. The number of carbonyl (C=O) groups is 1. The summed E-state index contributed by atoms with van der Waals surface area (Å²) in [6, 6.07) is 0. The molecule has 0 unspecified atom stereocenters. The Morgan fingerprint density at radius 2 is 1.21 bits per heavy atom. The predicted octanol–water partition coefficient (Wildman–Crippen LogP) is 4.81. The number of rotatable bonds is 22. The molecule has 0 aromatic heterocycles. The molecule has 33 heavy (non-hydrogen) atoms. The summed E-state index contributed by atoms with van der Waals surface area (Å²) in [5.74, 6) is -0.0814. The highest BCUT2D eigenvalue weighted by Crippen LogP contribution is 2.13. The number of hydrogen-bond donors (Lipinski definition) is 1. The zero-order chi connectivity index (χ0) is 25.2. The van der Waals surface area contributed by atoms with Gasteiger partial charge in [0.2, 0.25) is 10.4 Å². The molecule has 0 aliphatic rings. The van der Waals surface area contributed by atoms with Crippen molar-refractivity contribution in [3.05, 3.63) is 0 Å². The molecule has 0 bridgehead atoms. The highest BCUT2D eigenvalue weighted by Gasteiger charge is 2.04. The maximum Gasteiger partial charge on any atom is 0.305 e. The lowest BCUT2D eigenvalue weighted by Crippen LogP contribution is -2.27. The first-order chi connectivity index (χ1) is 15.8. The van der Waals surface area contributed by atoms with Crippen LogP contribution in [0.5, 0.6) is 0 Å². The van der Waals surface area contributed by atoms with Gasteiger partial charge in [0.05, 0.1) is 13.7 Å². The number of carbonyl (C=O) groups excluding carboxylic acids is 1. The van der Waals surface area contributed by atoms with Crippen LogP contribution in [0.3, 0.4) is 0 Å². The van der Waals surface area contributed by atoms with Crippen molar-refractivity contribution >= 4 is 16.4 Å². The lowest BCUT2D eigenvalue weighted by Gasteiger charge is -2.14. The van der Waals surface area contributed by atoms with Gasteiger partial charge in [0.1, 0.15) is 6.61 Å². The maximum absolute atomic E-state index is 11.6. The minimum Gasteiger partial charge on any atom is -0.726 e. The zero-order valence-corrected chi connectivity index (χ0v) is 22.2. The average Bonchev–Trinajstić information content (AvgIpc) is 2.76. The highest BCUT2D eigenvalue weighted by atomic mass is 32.3. The Kier molecular flexibility index (Phi) is 27.0. The second kappa shape index (κ2) is 25.9. The van der Waals surface area contributed by atoms with Crippen molar-refractivity contribution < 1.29 is 31.8 Å². The number of hydrogen-bond acceptors (Lipinski definition) is 8. The largest absolute Gasteiger partial charge is 0.726 e. The highest BCUT2D eigenvalue weighted by molar-refractivity contribution is 7.80. The Morgan fingerprint density at radius 1 is 0.818 bits per heavy atom. The van der Waals surface area contributed by atoms with Crippen molar-refractivity contribution in [1.82, 2.24) is 4.90 Å². The third-order valence-electron chi connectivity index (χ3n) is 5.41. The summed E-state index contributed by atoms with van der Waals surface area (Å²) >= 11 is 0. The van der Waals surface area contributed by atoms with Crippen LogP contribution < -0.4 is 0 Å². The van der Waals surface area contributed by atoms with Gasteiger partial charge in [-0.1, -0.05) is 96.8 Å². The normalized spacial score (nSPS) is 11.3. The Balaban J connectivity index is 0. The van der Waals surface area contributed by atoms with Crippen LogP contribution in [0.4, 0.5) is 0 Å². The van der Waals surface area contributed by atoms with Gasteiger partial charge in [-0.2, -0.15) is 0 Å². The van der Waals surface area contributed by atoms with E-state index < -0.39 is 10.4 Å².